The number of benzene rings is 2. The summed E-state index contributed by atoms with van der Waals surface area (Å²) in [6, 6.07) is 12.1. The summed E-state index contributed by atoms with van der Waals surface area (Å²) in [7, 11) is 1.91. The molecule has 1 N–H and O–H groups in total. The molecule has 142 valence electrons. The molecule has 0 atom stereocenters. The number of aromatic nitrogens is 2. The van der Waals surface area contributed by atoms with E-state index in [1.165, 1.54) is 5.56 Å². The molecule has 3 aromatic rings. The summed E-state index contributed by atoms with van der Waals surface area (Å²) in [6.07, 6.45) is 2.04. The number of anilines is 1. The molecule has 5 heteroatoms. The van der Waals surface area contributed by atoms with Crippen molar-refractivity contribution in [2.24, 2.45) is 0 Å². The zero-order chi connectivity index (χ0) is 19.4. The van der Waals surface area contributed by atoms with Crippen LogP contribution in [-0.4, -0.2) is 23.4 Å². The lowest BCUT2D eigenvalue weighted by Crippen LogP contribution is -2.05. The summed E-state index contributed by atoms with van der Waals surface area (Å²) in [5, 5.41) is 7.76. The number of nitrogens with zero attached hydrogens (tertiary/aromatic N) is 2. The smallest absolute Gasteiger partial charge is 0.127 e. The Kier molecular flexibility index (Phi) is 5.69. The van der Waals surface area contributed by atoms with Gasteiger partial charge in [0.25, 0.3) is 0 Å². The standard InChI is InChI=1S/C22H27N3O2/c1-6-26-22-9-7-8-20(23-5)19(22)14-27-21-11-10-18(12-15(21)2)25-13-16(3)17(4)24-25/h7-13,23H,6,14H2,1-5H3. The lowest BCUT2D eigenvalue weighted by atomic mass is 10.1. The fraction of sp³-hybridized carbons (Fsp3) is 0.318. The van der Waals surface area contributed by atoms with Gasteiger partial charge in [-0.3, -0.25) is 0 Å². The second-order valence-electron chi connectivity index (χ2n) is 6.55. The Morgan fingerprint density at radius 3 is 2.44 bits per heavy atom. The SMILES string of the molecule is CCOc1cccc(NC)c1COc1ccc(-n2cc(C)c(C)n2)cc1C. The Balaban J connectivity index is 1.81. The molecule has 0 bridgehead atoms. The third-order valence-corrected chi connectivity index (χ3v) is 4.64. The van der Waals surface area contributed by atoms with Crippen LogP contribution in [0.5, 0.6) is 11.5 Å². The van der Waals surface area contributed by atoms with Gasteiger partial charge in [0.1, 0.15) is 18.1 Å². The van der Waals surface area contributed by atoms with Gasteiger partial charge in [-0.1, -0.05) is 6.07 Å². The molecule has 0 spiro atoms. The zero-order valence-corrected chi connectivity index (χ0v) is 16.7. The lowest BCUT2D eigenvalue weighted by Gasteiger charge is -2.16. The second-order valence-corrected chi connectivity index (χ2v) is 6.55. The Hall–Kier alpha value is -2.95. The molecule has 1 aromatic heterocycles. The highest BCUT2D eigenvalue weighted by molar-refractivity contribution is 5.57. The first-order chi connectivity index (χ1) is 13.0. The molecule has 0 aliphatic heterocycles. The summed E-state index contributed by atoms with van der Waals surface area (Å²) in [5.74, 6) is 1.70. The fourth-order valence-electron chi connectivity index (χ4n) is 3.01. The van der Waals surface area contributed by atoms with E-state index in [0.29, 0.717) is 13.2 Å². The summed E-state index contributed by atoms with van der Waals surface area (Å²) >= 11 is 0. The zero-order valence-electron chi connectivity index (χ0n) is 16.7. The highest BCUT2D eigenvalue weighted by Crippen LogP contribution is 2.29. The monoisotopic (exact) mass is 365 g/mol. The van der Waals surface area contributed by atoms with Gasteiger partial charge in [0.05, 0.1) is 23.6 Å². The van der Waals surface area contributed by atoms with Gasteiger partial charge in [-0.25, -0.2) is 4.68 Å². The van der Waals surface area contributed by atoms with Gasteiger partial charge in [0, 0.05) is 18.9 Å². The van der Waals surface area contributed by atoms with Crippen LogP contribution in [0.1, 0.15) is 29.3 Å². The van der Waals surface area contributed by atoms with Crippen molar-refractivity contribution in [3.63, 3.8) is 0 Å². The molecule has 0 saturated carbocycles. The molecular formula is C22H27N3O2. The first kappa shape index (κ1) is 18.8. The molecule has 0 aliphatic carbocycles. The Labute approximate surface area is 160 Å². The topological polar surface area (TPSA) is 48.3 Å². The van der Waals surface area contributed by atoms with Crippen molar-refractivity contribution in [3.05, 3.63) is 65.0 Å². The van der Waals surface area contributed by atoms with E-state index in [4.69, 9.17) is 9.47 Å². The van der Waals surface area contributed by atoms with Crippen LogP contribution in [0.2, 0.25) is 0 Å². The van der Waals surface area contributed by atoms with Crippen LogP contribution in [0.3, 0.4) is 0 Å². The van der Waals surface area contributed by atoms with Crippen molar-refractivity contribution in [1.29, 1.82) is 0 Å². The van der Waals surface area contributed by atoms with Crippen molar-refractivity contribution in [1.82, 2.24) is 9.78 Å². The normalized spacial score (nSPS) is 10.7. The Morgan fingerprint density at radius 1 is 1.00 bits per heavy atom. The number of ether oxygens (including phenoxy) is 2. The predicted molar refractivity (Wildman–Crippen MR) is 109 cm³/mol. The summed E-state index contributed by atoms with van der Waals surface area (Å²) in [5.41, 5.74) is 6.35. The van der Waals surface area contributed by atoms with Crippen LogP contribution in [0.15, 0.2) is 42.6 Å². The Bertz CT molecular complexity index is 912. The van der Waals surface area contributed by atoms with Gasteiger partial charge in [-0.2, -0.15) is 5.10 Å². The highest BCUT2D eigenvalue weighted by Gasteiger charge is 2.11. The molecule has 0 saturated heterocycles. The van der Waals surface area contributed by atoms with Crippen LogP contribution in [0.25, 0.3) is 5.69 Å². The van der Waals surface area contributed by atoms with E-state index in [9.17, 15) is 0 Å². The minimum Gasteiger partial charge on any atom is -0.493 e. The molecule has 0 unspecified atom stereocenters. The van der Waals surface area contributed by atoms with Crippen LogP contribution < -0.4 is 14.8 Å². The third-order valence-electron chi connectivity index (χ3n) is 4.64. The Morgan fingerprint density at radius 2 is 1.81 bits per heavy atom. The maximum atomic E-state index is 6.12. The van der Waals surface area contributed by atoms with E-state index in [-0.39, 0.29) is 0 Å². The van der Waals surface area contributed by atoms with E-state index >= 15 is 0 Å². The average Bonchev–Trinajstić information content (AvgIpc) is 3.00. The van der Waals surface area contributed by atoms with Gasteiger partial charge < -0.3 is 14.8 Å². The first-order valence-corrected chi connectivity index (χ1v) is 9.22. The molecule has 1 heterocycles. The van der Waals surface area contributed by atoms with E-state index in [0.717, 1.165) is 39.7 Å². The summed E-state index contributed by atoms with van der Waals surface area (Å²) in [6.45, 7) is 9.18. The minimum absolute atomic E-state index is 0.437. The number of hydrogen-bond donors (Lipinski definition) is 1. The molecule has 5 nitrogen and oxygen atoms in total. The largest absolute Gasteiger partial charge is 0.493 e. The van der Waals surface area contributed by atoms with Crippen LogP contribution >= 0.6 is 0 Å². The first-order valence-electron chi connectivity index (χ1n) is 9.22. The summed E-state index contributed by atoms with van der Waals surface area (Å²) in [4.78, 5) is 0. The number of hydrogen-bond acceptors (Lipinski definition) is 4. The van der Waals surface area contributed by atoms with Crippen molar-refractivity contribution >= 4 is 5.69 Å². The maximum absolute atomic E-state index is 6.12. The van der Waals surface area contributed by atoms with Crippen LogP contribution in [0.4, 0.5) is 5.69 Å². The maximum Gasteiger partial charge on any atom is 0.127 e. The molecule has 0 radical (unpaired) electrons. The van der Waals surface area contributed by atoms with Gasteiger partial charge in [-0.15, -0.1) is 0 Å². The lowest BCUT2D eigenvalue weighted by molar-refractivity contribution is 0.285. The second kappa shape index (κ2) is 8.16. The van der Waals surface area contributed by atoms with Gasteiger partial charge >= 0.3 is 0 Å². The molecule has 27 heavy (non-hydrogen) atoms. The molecule has 3 rings (SSSR count). The van der Waals surface area contributed by atoms with Crippen molar-refractivity contribution in [3.8, 4) is 17.2 Å². The van der Waals surface area contributed by atoms with Crippen LogP contribution in [-0.2, 0) is 6.61 Å². The highest BCUT2D eigenvalue weighted by atomic mass is 16.5. The molecule has 0 aliphatic rings. The third kappa shape index (κ3) is 4.08. The molecular weight excluding hydrogens is 338 g/mol. The summed E-state index contributed by atoms with van der Waals surface area (Å²) < 4.78 is 13.8. The fourth-order valence-corrected chi connectivity index (χ4v) is 3.01. The van der Waals surface area contributed by atoms with Crippen molar-refractivity contribution in [2.45, 2.75) is 34.3 Å². The number of nitrogens with one attached hydrogen (secondary N) is 1. The van der Waals surface area contributed by atoms with Gasteiger partial charge in [-0.05, 0) is 69.2 Å². The van der Waals surface area contributed by atoms with E-state index in [2.05, 4.69) is 30.3 Å². The van der Waals surface area contributed by atoms with Crippen molar-refractivity contribution in [2.75, 3.05) is 19.0 Å². The quantitative estimate of drug-likeness (QED) is 0.652. The molecule has 0 fully saturated rings. The van der Waals surface area contributed by atoms with Crippen molar-refractivity contribution < 1.29 is 9.47 Å². The van der Waals surface area contributed by atoms with E-state index in [1.807, 2.05) is 62.1 Å². The van der Waals surface area contributed by atoms with Gasteiger partial charge in [0.2, 0.25) is 0 Å². The molecule has 2 aromatic carbocycles. The number of rotatable bonds is 7. The molecule has 0 amide bonds. The van der Waals surface area contributed by atoms with E-state index in [1.54, 1.807) is 0 Å². The average molecular weight is 365 g/mol. The van der Waals surface area contributed by atoms with E-state index < -0.39 is 0 Å². The number of aryl methyl sites for hydroxylation is 3. The van der Waals surface area contributed by atoms with Gasteiger partial charge in [0.15, 0.2) is 0 Å². The predicted octanol–water partition coefficient (Wildman–Crippen LogP) is 4.82. The minimum atomic E-state index is 0.437. The van der Waals surface area contributed by atoms with Crippen LogP contribution in [0, 0.1) is 20.8 Å².